The Labute approximate surface area is 209 Å². The molecule has 173 valence electrons. The first kappa shape index (κ1) is 23.0. The van der Waals surface area contributed by atoms with Crippen LogP contribution < -0.4 is 4.74 Å². The number of rotatable bonds is 7. The molecular formula is C29H29N2OS2. The Morgan fingerprint density at radius 1 is 0.853 bits per heavy atom. The van der Waals surface area contributed by atoms with Crippen molar-refractivity contribution in [3.8, 4) is 10.9 Å². The van der Waals surface area contributed by atoms with Crippen molar-refractivity contribution in [3.63, 3.8) is 0 Å². The molecule has 5 rings (SSSR count). The molecule has 3 nitrogen and oxygen atoms in total. The van der Waals surface area contributed by atoms with Gasteiger partial charge in [-0.05, 0) is 91.6 Å². The lowest BCUT2D eigenvalue weighted by molar-refractivity contribution is 0.467. The smallest absolute Gasteiger partial charge is 0.279 e. The molecule has 2 heterocycles. The molecule has 0 N–H and O–H groups in total. The van der Waals surface area contributed by atoms with Gasteiger partial charge in [-0.2, -0.15) is 0 Å². The van der Waals surface area contributed by atoms with E-state index in [1.807, 2.05) is 0 Å². The summed E-state index contributed by atoms with van der Waals surface area (Å²) < 4.78 is 8.92. The minimum absolute atomic E-state index is 0.714. The molecule has 0 saturated carbocycles. The SMILES string of the molecule is CCCCc1c(C)c(C)c(C)c(C)c1Oc1nc2c(Cc3cccc4s[c]nc34)cccc2s1. The number of benzene rings is 3. The van der Waals surface area contributed by atoms with Crippen molar-refractivity contribution >= 4 is 43.1 Å². The van der Waals surface area contributed by atoms with Crippen LogP contribution in [0.15, 0.2) is 36.4 Å². The van der Waals surface area contributed by atoms with Gasteiger partial charge < -0.3 is 4.74 Å². The number of aromatic nitrogens is 2. The normalized spacial score (nSPS) is 11.6. The first-order valence-corrected chi connectivity index (χ1v) is 13.5. The number of fused-ring (bicyclic) bond motifs is 2. The fourth-order valence-corrected chi connectivity index (χ4v) is 6.18. The molecule has 34 heavy (non-hydrogen) atoms. The Kier molecular flexibility index (Phi) is 6.41. The zero-order chi connectivity index (χ0) is 23.8. The van der Waals surface area contributed by atoms with Gasteiger partial charge in [-0.1, -0.05) is 48.9 Å². The number of thiazole rings is 2. The molecular weight excluding hydrogens is 456 g/mol. The summed E-state index contributed by atoms with van der Waals surface area (Å²) in [6, 6.07) is 12.8. The molecule has 0 spiro atoms. The summed E-state index contributed by atoms with van der Waals surface area (Å²) in [6.45, 7) is 11.1. The maximum Gasteiger partial charge on any atom is 0.279 e. The van der Waals surface area contributed by atoms with Gasteiger partial charge in [-0.15, -0.1) is 11.3 Å². The van der Waals surface area contributed by atoms with E-state index in [2.05, 4.69) is 81.5 Å². The van der Waals surface area contributed by atoms with Crippen LogP contribution in [-0.2, 0) is 12.8 Å². The number of hydrogen-bond acceptors (Lipinski definition) is 5. The zero-order valence-electron chi connectivity index (χ0n) is 20.4. The fraction of sp³-hybridized carbons (Fsp3) is 0.310. The van der Waals surface area contributed by atoms with E-state index in [1.165, 1.54) is 50.1 Å². The van der Waals surface area contributed by atoms with E-state index in [1.54, 1.807) is 22.7 Å². The highest BCUT2D eigenvalue weighted by Crippen LogP contribution is 2.40. The van der Waals surface area contributed by atoms with Crippen LogP contribution in [0.3, 0.4) is 0 Å². The first-order chi connectivity index (χ1) is 16.5. The van der Waals surface area contributed by atoms with E-state index in [0.717, 1.165) is 40.7 Å². The summed E-state index contributed by atoms with van der Waals surface area (Å²) in [7, 11) is 0. The minimum atomic E-state index is 0.714. The quantitative estimate of drug-likeness (QED) is 0.231. The van der Waals surface area contributed by atoms with E-state index >= 15 is 0 Å². The molecule has 0 unspecified atom stereocenters. The summed E-state index contributed by atoms with van der Waals surface area (Å²) in [5.74, 6) is 0.998. The Balaban J connectivity index is 1.54. The number of hydrogen-bond donors (Lipinski definition) is 0. The number of nitrogens with zero attached hydrogens (tertiary/aromatic N) is 2. The predicted molar refractivity (Wildman–Crippen MR) is 145 cm³/mol. The standard InChI is InChI=1S/C29H29N2OS2/c1-6-7-12-23-19(4)17(2)18(3)20(5)28(23)32-29-31-27-22(11-9-14-25(27)34-29)15-21-10-8-13-24-26(21)30-16-33-24/h8-11,13-14H,6-7,12,15H2,1-5H3. The largest absolute Gasteiger partial charge is 0.430 e. The van der Waals surface area contributed by atoms with Crippen molar-refractivity contribution in [1.29, 1.82) is 0 Å². The van der Waals surface area contributed by atoms with Gasteiger partial charge in [0.1, 0.15) is 5.75 Å². The Morgan fingerprint density at radius 2 is 1.56 bits per heavy atom. The third-order valence-corrected chi connectivity index (χ3v) is 8.61. The molecule has 0 bridgehead atoms. The fourth-order valence-electron chi connectivity index (χ4n) is 4.65. The van der Waals surface area contributed by atoms with E-state index in [4.69, 9.17) is 9.72 Å². The summed E-state index contributed by atoms with van der Waals surface area (Å²) in [5.41, 5.74) is 14.1. The Bertz CT molecular complexity index is 1500. The van der Waals surface area contributed by atoms with Crippen LogP contribution in [0.1, 0.15) is 58.7 Å². The van der Waals surface area contributed by atoms with Crippen LogP contribution in [0.2, 0.25) is 0 Å². The van der Waals surface area contributed by atoms with Crippen LogP contribution in [-0.4, -0.2) is 9.97 Å². The average molecular weight is 486 g/mol. The van der Waals surface area contributed by atoms with Gasteiger partial charge in [-0.25, -0.2) is 9.97 Å². The van der Waals surface area contributed by atoms with Gasteiger partial charge in [-0.3, -0.25) is 0 Å². The predicted octanol–water partition coefficient (Wildman–Crippen LogP) is 8.67. The molecule has 0 aliphatic rings. The molecule has 0 atom stereocenters. The van der Waals surface area contributed by atoms with Gasteiger partial charge in [0, 0.05) is 6.42 Å². The zero-order valence-corrected chi connectivity index (χ0v) is 22.0. The number of ether oxygens (including phenoxy) is 1. The Hall–Kier alpha value is -2.76. The highest BCUT2D eigenvalue weighted by atomic mass is 32.1. The monoisotopic (exact) mass is 485 g/mol. The van der Waals surface area contributed by atoms with Gasteiger partial charge in [0.15, 0.2) is 5.51 Å². The molecule has 5 heteroatoms. The van der Waals surface area contributed by atoms with E-state index < -0.39 is 0 Å². The van der Waals surface area contributed by atoms with Gasteiger partial charge >= 0.3 is 0 Å². The topological polar surface area (TPSA) is 35.0 Å². The summed E-state index contributed by atoms with van der Waals surface area (Å²) in [4.78, 5) is 9.46. The van der Waals surface area contributed by atoms with Crippen LogP contribution in [0.5, 0.6) is 10.9 Å². The second-order valence-corrected chi connectivity index (χ2v) is 10.8. The third kappa shape index (κ3) is 4.12. The summed E-state index contributed by atoms with van der Waals surface area (Å²) in [6.07, 6.45) is 4.14. The van der Waals surface area contributed by atoms with Crippen molar-refractivity contribution < 1.29 is 4.74 Å². The van der Waals surface area contributed by atoms with E-state index in [-0.39, 0.29) is 0 Å². The van der Waals surface area contributed by atoms with Crippen molar-refractivity contribution in [2.75, 3.05) is 0 Å². The molecule has 3 aromatic carbocycles. The van der Waals surface area contributed by atoms with Crippen LogP contribution >= 0.6 is 22.7 Å². The first-order valence-electron chi connectivity index (χ1n) is 11.9. The maximum absolute atomic E-state index is 6.59. The van der Waals surface area contributed by atoms with Crippen molar-refractivity contribution in [1.82, 2.24) is 9.97 Å². The molecule has 1 radical (unpaired) electrons. The lowest BCUT2D eigenvalue weighted by Crippen LogP contribution is -2.03. The van der Waals surface area contributed by atoms with Gasteiger partial charge in [0.05, 0.1) is 20.4 Å². The second kappa shape index (κ2) is 9.47. The third-order valence-electron chi connectivity index (χ3n) is 6.98. The molecule has 0 amide bonds. The maximum atomic E-state index is 6.59. The molecule has 0 fully saturated rings. The lowest BCUT2D eigenvalue weighted by Gasteiger charge is -2.20. The van der Waals surface area contributed by atoms with Gasteiger partial charge in [0.25, 0.3) is 5.19 Å². The molecule has 0 aliphatic heterocycles. The van der Waals surface area contributed by atoms with Crippen molar-refractivity contribution in [2.24, 2.45) is 0 Å². The van der Waals surface area contributed by atoms with Crippen LogP contribution in [0, 0.1) is 33.2 Å². The molecule has 0 aliphatic carbocycles. The molecule has 2 aromatic heterocycles. The Morgan fingerprint density at radius 3 is 2.32 bits per heavy atom. The van der Waals surface area contributed by atoms with Crippen molar-refractivity contribution in [3.05, 3.63) is 80.9 Å². The highest BCUT2D eigenvalue weighted by molar-refractivity contribution is 7.20. The van der Waals surface area contributed by atoms with E-state index in [9.17, 15) is 0 Å². The lowest BCUT2D eigenvalue weighted by atomic mass is 9.91. The van der Waals surface area contributed by atoms with Gasteiger partial charge in [0.2, 0.25) is 0 Å². The molecule has 0 saturated heterocycles. The number of unbranched alkanes of at least 4 members (excludes halogenated alkanes) is 1. The number of para-hydroxylation sites is 2. The average Bonchev–Trinajstić information content (AvgIpc) is 3.49. The van der Waals surface area contributed by atoms with Crippen LogP contribution in [0.4, 0.5) is 0 Å². The second-order valence-electron chi connectivity index (χ2n) is 9.00. The summed E-state index contributed by atoms with van der Waals surface area (Å²) >= 11 is 3.19. The molecule has 5 aromatic rings. The highest BCUT2D eigenvalue weighted by Gasteiger charge is 2.19. The summed E-state index contributed by atoms with van der Waals surface area (Å²) in [5, 5.41) is 0.714. The van der Waals surface area contributed by atoms with Crippen molar-refractivity contribution in [2.45, 2.75) is 60.3 Å². The minimum Gasteiger partial charge on any atom is -0.430 e. The van der Waals surface area contributed by atoms with Crippen LogP contribution in [0.25, 0.3) is 20.4 Å². The van der Waals surface area contributed by atoms with E-state index in [0.29, 0.717) is 5.19 Å².